The Labute approximate surface area is 127 Å². The summed E-state index contributed by atoms with van der Waals surface area (Å²) in [7, 11) is 0. The highest BCUT2D eigenvalue weighted by molar-refractivity contribution is 5.93. The second kappa shape index (κ2) is 11.5. The average Bonchev–Trinajstić information content (AvgIpc) is 2.94. The lowest BCUT2D eigenvalue weighted by molar-refractivity contribution is 0.0127. The van der Waals surface area contributed by atoms with Crippen LogP contribution in [0.2, 0.25) is 0 Å². The highest BCUT2D eigenvalue weighted by atomic mass is 16.5. The number of carbonyl (C=O) groups is 1. The first-order valence-electron chi connectivity index (χ1n) is 7.64. The first-order chi connectivity index (χ1) is 10.2. The van der Waals surface area contributed by atoms with E-state index in [1.165, 1.54) is 0 Å². The van der Waals surface area contributed by atoms with Crippen LogP contribution in [0, 0.1) is 0 Å². The van der Waals surface area contributed by atoms with E-state index in [-0.39, 0.29) is 5.78 Å². The Hall–Kier alpha value is -1.17. The van der Waals surface area contributed by atoms with Crippen molar-refractivity contribution in [3.63, 3.8) is 0 Å². The van der Waals surface area contributed by atoms with Crippen LogP contribution in [-0.4, -0.2) is 50.0 Å². The molecular weight excluding hydrogens is 270 g/mol. The van der Waals surface area contributed by atoms with Crippen molar-refractivity contribution < 1.29 is 19.0 Å². The van der Waals surface area contributed by atoms with Crippen LogP contribution >= 0.6 is 0 Å². The highest BCUT2D eigenvalue weighted by Gasteiger charge is 2.01. The molecule has 0 bridgehead atoms. The van der Waals surface area contributed by atoms with E-state index >= 15 is 0 Å². The zero-order valence-electron chi connectivity index (χ0n) is 13.2. The molecule has 1 aromatic rings. The lowest BCUT2D eigenvalue weighted by Crippen LogP contribution is -2.12. The minimum absolute atomic E-state index is 0.0872. The van der Waals surface area contributed by atoms with Gasteiger partial charge in [0.05, 0.1) is 33.0 Å². The molecule has 5 heteroatoms. The van der Waals surface area contributed by atoms with E-state index in [0.29, 0.717) is 33.0 Å². The molecule has 0 saturated heterocycles. The molecule has 0 spiro atoms. The fourth-order valence-corrected chi connectivity index (χ4v) is 1.75. The number of ketones is 1. The molecule has 0 saturated carbocycles. The Morgan fingerprint density at radius 1 is 1.05 bits per heavy atom. The molecule has 0 unspecified atom stereocenters. The molecule has 1 rings (SSSR count). The Bertz CT molecular complexity index is 389. The van der Waals surface area contributed by atoms with Gasteiger partial charge in [0.15, 0.2) is 5.78 Å². The van der Waals surface area contributed by atoms with Crippen molar-refractivity contribution in [2.24, 2.45) is 0 Å². The monoisotopic (exact) mass is 297 g/mol. The van der Waals surface area contributed by atoms with Crippen LogP contribution in [0.15, 0.2) is 18.5 Å². The third-order valence-electron chi connectivity index (χ3n) is 3.04. The number of unbranched alkanes of at least 4 members (excludes halogenated alkanes) is 1. The smallest absolute Gasteiger partial charge is 0.161 e. The number of rotatable bonds is 13. The average molecular weight is 297 g/mol. The van der Waals surface area contributed by atoms with Crippen molar-refractivity contribution in [1.29, 1.82) is 0 Å². The number of aromatic nitrogens is 1. The van der Waals surface area contributed by atoms with Gasteiger partial charge >= 0.3 is 0 Å². The largest absolute Gasteiger partial charge is 0.379 e. The predicted molar refractivity (Wildman–Crippen MR) is 81.8 cm³/mol. The van der Waals surface area contributed by atoms with Crippen molar-refractivity contribution >= 4 is 5.78 Å². The topological polar surface area (TPSA) is 49.7 Å². The molecule has 0 fully saturated rings. The van der Waals surface area contributed by atoms with E-state index in [1.807, 2.05) is 23.0 Å². The molecule has 1 aromatic heterocycles. The summed E-state index contributed by atoms with van der Waals surface area (Å²) in [6.07, 6.45) is 6.00. The fourth-order valence-electron chi connectivity index (χ4n) is 1.75. The Kier molecular flexibility index (Phi) is 9.78. The van der Waals surface area contributed by atoms with Gasteiger partial charge in [-0.2, -0.15) is 0 Å². The summed E-state index contributed by atoms with van der Waals surface area (Å²) >= 11 is 0. The van der Waals surface area contributed by atoms with Crippen molar-refractivity contribution in [2.75, 3.05) is 39.6 Å². The summed E-state index contributed by atoms with van der Waals surface area (Å²) in [4.78, 5) is 11.1. The van der Waals surface area contributed by atoms with Crippen LogP contribution < -0.4 is 0 Å². The first kappa shape index (κ1) is 17.9. The van der Waals surface area contributed by atoms with Crippen molar-refractivity contribution in [3.8, 4) is 0 Å². The molecule has 21 heavy (non-hydrogen) atoms. The van der Waals surface area contributed by atoms with Gasteiger partial charge in [-0.05, 0) is 19.4 Å². The van der Waals surface area contributed by atoms with Crippen LogP contribution in [0.1, 0.15) is 37.0 Å². The normalized spacial score (nSPS) is 11.0. The molecule has 0 aliphatic heterocycles. The van der Waals surface area contributed by atoms with Gasteiger partial charge in [0, 0.05) is 31.1 Å². The van der Waals surface area contributed by atoms with E-state index < -0.39 is 0 Å². The van der Waals surface area contributed by atoms with E-state index in [4.69, 9.17) is 14.2 Å². The minimum atomic E-state index is 0.0872. The maximum Gasteiger partial charge on any atom is 0.161 e. The summed E-state index contributed by atoms with van der Waals surface area (Å²) in [6, 6.07) is 1.82. The standard InChI is InChI=1S/C16H27NO4/c1-3-4-8-19-10-12-21-13-11-20-9-7-17-6-5-16(14-17)15(2)18/h5-6,14H,3-4,7-13H2,1-2H3. The van der Waals surface area contributed by atoms with Gasteiger partial charge < -0.3 is 18.8 Å². The number of Topliss-reactive ketones (excluding diaryl/α,β-unsaturated/α-hetero) is 1. The molecule has 0 aromatic carbocycles. The fraction of sp³-hybridized carbons (Fsp3) is 0.688. The number of hydrogen-bond donors (Lipinski definition) is 0. The van der Waals surface area contributed by atoms with Crippen molar-refractivity contribution in [1.82, 2.24) is 4.57 Å². The van der Waals surface area contributed by atoms with E-state index in [1.54, 1.807) is 6.92 Å². The Balaban J connectivity index is 1.89. The predicted octanol–water partition coefficient (Wildman–Crippen LogP) is 2.54. The molecule has 0 N–H and O–H groups in total. The number of nitrogens with zero attached hydrogens (tertiary/aromatic N) is 1. The van der Waals surface area contributed by atoms with E-state index in [9.17, 15) is 4.79 Å². The molecule has 0 amide bonds. The van der Waals surface area contributed by atoms with Gasteiger partial charge in [0.25, 0.3) is 0 Å². The summed E-state index contributed by atoms with van der Waals surface area (Å²) in [5.74, 6) is 0.0872. The molecule has 0 radical (unpaired) electrons. The Morgan fingerprint density at radius 3 is 2.24 bits per heavy atom. The zero-order valence-corrected chi connectivity index (χ0v) is 13.2. The van der Waals surface area contributed by atoms with Crippen LogP contribution in [0.3, 0.4) is 0 Å². The summed E-state index contributed by atoms with van der Waals surface area (Å²) in [5.41, 5.74) is 0.737. The highest BCUT2D eigenvalue weighted by Crippen LogP contribution is 2.01. The van der Waals surface area contributed by atoms with Crippen molar-refractivity contribution in [3.05, 3.63) is 24.0 Å². The van der Waals surface area contributed by atoms with E-state index in [2.05, 4.69) is 6.92 Å². The van der Waals surface area contributed by atoms with Gasteiger partial charge in [0.1, 0.15) is 0 Å². The molecule has 0 atom stereocenters. The summed E-state index contributed by atoms with van der Waals surface area (Å²) in [6.45, 7) is 8.32. The van der Waals surface area contributed by atoms with Gasteiger partial charge in [-0.25, -0.2) is 0 Å². The summed E-state index contributed by atoms with van der Waals surface area (Å²) in [5, 5.41) is 0. The van der Waals surface area contributed by atoms with Crippen LogP contribution in [0.25, 0.3) is 0 Å². The van der Waals surface area contributed by atoms with Crippen LogP contribution in [0.5, 0.6) is 0 Å². The third-order valence-corrected chi connectivity index (χ3v) is 3.04. The Morgan fingerprint density at radius 2 is 1.67 bits per heavy atom. The number of ether oxygens (including phenoxy) is 3. The lowest BCUT2D eigenvalue weighted by Gasteiger charge is -2.07. The minimum Gasteiger partial charge on any atom is -0.379 e. The quantitative estimate of drug-likeness (QED) is 0.415. The zero-order chi connectivity index (χ0) is 15.3. The van der Waals surface area contributed by atoms with Gasteiger partial charge in [-0.15, -0.1) is 0 Å². The van der Waals surface area contributed by atoms with Gasteiger partial charge in [-0.3, -0.25) is 4.79 Å². The molecule has 120 valence electrons. The molecular formula is C16H27NO4. The number of carbonyl (C=O) groups excluding carboxylic acids is 1. The second-order valence-electron chi connectivity index (χ2n) is 4.88. The van der Waals surface area contributed by atoms with E-state index in [0.717, 1.165) is 31.6 Å². The SMILES string of the molecule is CCCCOCCOCCOCCn1ccc(C(C)=O)c1. The maximum atomic E-state index is 11.1. The molecule has 5 nitrogen and oxygen atoms in total. The second-order valence-corrected chi connectivity index (χ2v) is 4.88. The maximum absolute atomic E-state index is 11.1. The number of hydrogen-bond acceptors (Lipinski definition) is 4. The van der Waals surface area contributed by atoms with Crippen LogP contribution in [-0.2, 0) is 20.8 Å². The van der Waals surface area contributed by atoms with Crippen LogP contribution in [0.4, 0.5) is 0 Å². The third kappa shape index (κ3) is 8.65. The first-order valence-corrected chi connectivity index (χ1v) is 7.64. The van der Waals surface area contributed by atoms with Crippen molar-refractivity contribution in [2.45, 2.75) is 33.2 Å². The van der Waals surface area contributed by atoms with Gasteiger partial charge in [0.2, 0.25) is 0 Å². The molecule has 0 aliphatic carbocycles. The summed E-state index contributed by atoms with van der Waals surface area (Å²) < 4.78 is 18.2. The van der Waals surface area contributed by atoms with Gasteiger partial charge in [-0.1, -0.05) is 13.3 Å². The lowest BCUT2D eigenvalue weighted by atomic mass is 10.2. The molecule has 1 heterocycles. The molecule has 0 aliphatic rings.